The van der Waals surface area contributed by atoms with Crippen molar-refractivity contribution in [3.63, 3.8) is 0 Å². The van der Waals surface area contributed by atoms with Gasteiger partial charge >= 0.3 is 6.61 Å². The minimum absolute atomic E-state index is 0.0330. The van der Waals surface area contributed by atoms with Crippen LogP contribution in [0.4, 0.5) is 14.5 Å². The summed E-state index contributed by atoms with van der Waals surface area (Å²) in [7, 11) is 0. The van der Waals surface area contributed by atoms with Crippen molar-refractivity contribution in [2.75, 3.05) is 11.9 Å². The minimum atomic E-state index is -3.01. The molecule has 1 fully saturated rings. The fourth-order valence-electron chi connectivity index (χ4n) is 2.94. The Morgan fingerprint density at radius 2 is 2.07 bits per heavy atom. The molecule has 4 rings (SSSR count). The van der Waals surface area contributed by atoms with Crippen molar-refractivity contribution < 1.29 is 28.2 Å². The van der Waals surface area contributed by atoms with Gasteiger partial charge in [0.2, 0.25) is 0 Å². The normalized spacial score (nSPS) is 13.5. The van der Waals surface area contributed by atoms with Crippen LogP contribution in [0.3, 0.4) is 0 Å². The lowest BCUT2D eigenvalue weighted by molar-refractivity contribution is -0.0515. The maximum atomic E-state index is 12.8. The molecule has 0 aliphatic heterocycles. The Morgan fingerprint density at radius 1 is 1.27 bits per heavy atom. The van der Waals surface area contributed by atoms with Gasteiger partial charge in [0.15, 0.2) is 17.2 Å². The molecule has 3 aromatic rings. The Kier molecular flexibility index (Phi) is 5.59. The van der Waals surface area contributed by atoms with Gasteiger partial charge < -0.3 is 19.9 Å². The summed E-state index contributed by atoms with van der Waals surface area (Å²) in [4.78, 5) is 16.9. The highest BCUT2D eigenvalue weighted by Crippen LogP contribution is 2.37. The van der Waals surface area contributed by atoms with E-state index in [0.717, 1.165) is 12.8 Å². The monoisotopic (exact) mass is 434 g/mol. The largest absolute Gasteiger partial charge is 0.504 e. The van der Waals surface area contributed by atoms with Crippen molar-refractivity contribution in [1.29, 1.82) is 0 Å². The van der Waals surface area contributed by atoms with Crippen LogP contribution in [0, 0.1) is 5.92 Å². The molecule has 1 aliphatic carbocycles. The van der Waals surface area contributed by atoms with Crippen LogP contribution in [-0.2, 0) is 0 Å². The van der Waals surface area contributed by atoms with Crippen LogP contribution >= 0.6 is 11.6 Å². The number of pyridine rings is 1. The van der Waals surface area contributed by atoms with Crippen molar-refractivity contribution in [2.24, 2.45) is 5.92 Å². The summed E-state index contributed by atoms with van der Waals surface area (Å²) in [5, 5.41) is 13.3. The van der Waals surface area contributed by atoms with Crippen LogP contribution in [-0.4, -0.2) is 29.2 Å². The third-order valence-corrected chi connectivity index (χ3v) is 4.95. The molecule has 1 aliphatic rings. The number of aromatic nitrogens is 1. The van der Waals surface area contributed by atoms with Crippen LogP contribution in [0.25, 0.3) is 10.9 Å². The fraction of sp³-hybridized carbons (Fsp3) is 0.238. The van der Waals surface area contributed by atoms with Crippen LogP contribution in [0.15, 0.2) is 42.6 Å². The van der Waals surface area contributed by atoms with Gasteiger partial charge in [-0.2, -0.15) is 8.78 Å². The second-order valence-corrected chi connectivity index (χ2v) is 7.31. The molecule has 0 unspecified atom stereocenters. The highest BCUT2D eigenvalue weighted by atomic mass is 35.5. The number of amides is 1. The molecule has 0 radical (unpaired) electrons. The van der Waals surface area contributed by atoms with Gasteiger partial charge in [-0.05, 0) is 55.2 Å². The van der Waals surface area contributed by atoms with Gasteiger partial charge in [-0.1, -0.05) is 11.6 Å². The summed E-state index contributed by atoms with van der Waals surface area (Å²) in [6.45, 7) is -2.64. The van der Waals surface area contributed by atoms with E-state index in [-0.39, 0.29) is 33.4 Å². The Labute approximate surface area is 175 Å². The smallest absolute Gasteiger partial charge is 0.387 e. The van der Waals surface area contributed by atoms with Crippen LogP contribution in [0.1, 0.15) is 23.2 Å². The summed E-state index contributed by atoms with van der Waals surface area (Å²) in [5.74, 6) is -0.370. The molecule has 1 aromatic heterocycles. The number of halogens is 3. The molecule has 0 atom stereocenters. The quantitative estimate of drug-likeness (QED) is 0.497. The number of aromatic hydroxyl groups is 1. The molecule has 0 spiro atoms. The molecule has 30 heavy (non-hydrogen) atoms. The first-order chi connectivity index (χ1) is 14.4. The summed E-state index contributed by atoms with van der Waals surface area (Å²) in [5.41, 5.74) is 0.775. The Morgan fingerprint density at radius 3 is 2.80 bits per heavy atom. The molecule has 1 amide bonds. The molecule has 0 bridgehead atoms. The van der Waals surface area contributed by atoms with E-state index in [1.165, 1.54) is 30.5 Å². The lowest BCUT2D eigenvalue weighted by Gasteiger charge is -2.14. The average Bonchev–Trinajstić information content (AvgIpc) is 3.55. The molecule has 0 saturated heterocycles. The Balaban J connectivity index is 1.62. The maximum absolute atomic E-state index is 12.8. The molecular weight excluding hydrogens is 418 g/mol. The molecule has 1 heterocycles. The molecule has 6 nitrogen and oxygen atoms in total. The number of hydrogen-bond acceptors (Lipinski definition) is 5. The molecule has 1 saturated carbocycles. The number of carbonyl (C=O) groups excluding carboxylic acids is 1. The van der Waals surface area contributed by atoms with Gasteiger partial charge in [-0.15, -0.1) is 0 Å². The molecule has 2 N–H and O–H groups in total. The SMILES string of the molecule is O=C(Nc1cc(Cl)c(O)c2ncccc12)c1ccc(OC(F)F)c(OCC2CC2)c1. The average molecular weight is 435 g/mol. The molecular formula is C21H17ClF2N2O4. The van der Waals surface area contributed by atoms with Gasteiger partial charge in [0.25, 0.3) is 5.91 Å². The highest BCUT2D eigenvalue weighted by Gasteiger charge is 2.24. The number of fused-ring (bicyclic) bond motifs is 1. The Hall–Kier alpha value is -3.13. The number of phenolic OH excluding ortho intramolecular Hbond substituents is 1. The van der Waals surface area contributed by atoms with E-state index in [4.69, 9.17) is 16.3 Å². The molecule has 156 valence electrons. The number of ether oxygens (including phenoxy) is 2. The zero-order valence-corrected chi connectivity index (χ0v) is 16.3. The van der Waals surface area contributed by atoms with Crippen molar-refractivity contribution in [3.8, 4) is 17.2 Å². The van der Waals surface area contributed by atoms with E-state index in [9.17, 15) is 18.7 Å². The van der Waals surface area contributed by atoms with Crippen LogP contribution < -0.4 is 14.8 Å². The zero-order valence-electron chi connectivity index (χ0n) is 15.6. The van der Waals surface area contributed by atoms with E-state index in [1.807, 2.05) is 0 Å². The van der Waals surface area contributed by atoms with Crippen molar-refractivity contribution in [3.05, 3.63) is 53.2 Å². The van der Waals surface area contributed by atoms with E-state index >= 15 is 0 Å². The van der Waals surface area contributed by atoms with Crippen molar-refractivity contribution in [2.45, 2.75) is 19.5 Å². The van der Waals surface area contributed by atoms with E-state index < -0.39 is 12.5 Å². The molecule has 9 heteroatoms. The third kappa shape index (κ3) is 4.38. The Bertz CT molecular complexity index is 1110. The number of nitrogens with zero attached hydrogens (tertiary/aromatic N) is 1. The summed E-state index contributed by atoms with van der Waals surface area (Å²) in [6, 6.07) is 8.74. The number of rotatable bonds is 7. The number of anilines is 1. The number of phenols is 1. The highest BCUT2D eigenvalue weighted by molar-refractivity contribution is 6.34. The van der Waals surface area contributed by atoms with Gasteiger partial charge in [0.05, 0.1) is 17.3 Å². The predicted octanol–water partition coefficient (Wildman–Crippen LogP) is 5.24. The second kappa shape index (κ2) is 8.31. The second-order valence-electron chi connectivity index (χ2n) is 6.90. The minimum Gasteiger partial charge on any atom is -0.504 e. The van der Waals surface area contributed by atoms with Gasteiger partial charge in [-0.25, -0.2) is 0 Å². The van der Waals surface area contributed by atoms with Crippen LogP contribution in [0.5, 0.6) is 17.2 Å². The van der Waals surface area contributed by atoms with E-state index in [1.54, 1.807) is 12.1 Å². The summed E-state index contributed by atoms with van der Waals surface area (Å²) < 4.78 is 35.5. The first kappa shape index (κ1) is 20.2. The van der Waals surface area contributed by atoms with Gasteiger partial charge in [0, 0.05) is 17.1 Å². The number of alkyl halides is 2. The van der Waals surface area contributed by atoms with Crippen molar-refractivity contribution >= 4 is 34.1 Å². The standard InChI is InChI=1S/C21H17ClF2N2O4/c22-14-9-15(13-2-1-7-25-18(13)19(14)27)26-20(28)12-5-6-16(30-21(23)24)17(8-12)29-10-11-3-4-11/h1-2,5-9,11,21,27H,3-4,10H2,(H,26,28). The number of hydrogen-bond donors (Lipinski definition) is 2. The van der Waals surface area contributed by atoms with Crippen LogP contribution in [0.2, 0.25) is 5.02 Å². The number of carbonyl (C=O) groups is 1. The first-order valence-corrected chi connectivity index (χ1v) is 9.59. The lowest BCUT2D eigenvalue weighted by atomic mass is 10.1. The summed E-state index contributed by atoms with van der Waals surface area (Å²) >= 11 is 6.04. The topological polar surface area (TPSA) is 80.7 Å². The zero-order chi connectivity index (χ0) is 21.3. The van der Waals surface area contributed by atoms with E-state index in [0.29, 0.717) is 23.6 Å². The number of nitrogens with one attached hydrogen (secondary N) is 1. The third-order valence-electron chi connectivity index (χ3n) is 4.66. The molecule has 2 aromatic carbocycles. The van der Waals surface area contributed by atoms with E-state index in [2.05, 4.69) is 15.0 Å². The first-order valence-electron chi connectivity index (χ1n) is 9.21. The number of benzene rings is 2. The van der Waals surface area contributed by atoms with Gasteiger partial charge in [-0.3, -0.25) is 9.78 Å². The predicted molar refractivity (Wildman–Crippen MR) is 108 cm³/mol. The van der Waals surface area contributed by atoms with Gasteiger partial charge in [0.1, 0.15) is 5.52 Å². The fourth-order valence-corrected chi connectivity index (χ4v) is 3.14. The summed E-state index contributed by atoms with van der Waals surface area (Å²) in [6.07, 6.45) is 3.54. The lowest BCUT2D eigenvalue weighted by Crippen LogP contribution is -2.13. The van der Waals surface area contributed by atoms with Crippen molar-refractivity contribution in [1.82, 2.24) is 4.98 Å². The maximum Gasteiger partial charge on any atom is 0.387 e.